The molecule has 0 saturated heterocycles. The van der Waals surface area contributed by atoms with Gasteiger partial charge >= 0.3 is 11.4 Å². The molecule has 2 N–H and O–H groups in total. The first-order chi connectivity index (χ1) is 5.18. The van der Waals surface area contributed by atoms with Crippen LogP contribution in [-0.2, 0) is 11.4 Å². The third-order valence-electron chi connectivity index (χ3n) is 1.00. The predicted octanol–water partition coefficient (Wildman–Crippen LogP) is 0.908. The van der Waals surface area contributed by atoms with Crippen LogP contribution in [0.1, 0.15) is 0 Å². The second-order valence-electron chi connectivity index (χ2n) is 1.79. The largest absolute Gasteiger partial charge is 0.508 e. The molecule has 11 heavy (non-hydrogen) atoms. The van der Waals surface area contributed by atoms with Crippen molar-refractivity contribution < 1.29 is 18.1 Å². The summed E-state index contributed by atoms with van der Waals surface area (Å²) in [5.41, 5.74) is 0. The van der Waals surface area contributed by atoms with E-state index in [2.05, 4.69) is 4.18 Å². The molecule has 0 aliphatic heterocycles. The lowest BCUT2D eigenvalue weighted by Crippen LogP contribution is -1.96. The van der Waals surface area contributed by atoms with Gasteiger partial charge in [-0.2, -0.15) is 4.21 Å². The Morgan fingerprint density at radius 3 is 2.27 bits per heavy atom. The lowest BCUT2D eigenvalue weighted by molar-refractivity contribution is 0.453. The number of phenols is 1. The van der Waals surface area contributed by atoms with Crippen LogP contribution >= 0.6 is 0 Å². The summed E-state index contributed by atoms with van der Waals surface area (Å²) in [5.74, 6) is 0.324. The smallest absolute Gasteiger partial charge is 0.357 e. The fraction of sp³-hybridized carbons (Fsp3) is 0. The molecule has 0 radical (unpaired) electrons. The third-order valence-corrected chi connectivity index (χ3v) is 1.34. The molecule has 0 aliphatic carbocycles. The van der Waals surface area contributed by atoms with E-state index < -0.39 is 11.4 Å². The van der Waals surface area contributed by atoms with Gasteiger partial charge in [0.2, 0.25) is 0 Å². The molecule has 1 aromatic carbocycles. The second kappa shape index (κ2) is 3.36. The molecule has 0 heterocycles. The molecule has 5 heteroatoms. The maximum Gasteiger partial charge on any atom is 0.357 e. The molecule has 1 rings (SSSR count). The number of phenolic OH excluding ortho intramolecular Hbond substituents is 1. The van der Waals surface area contributed by atoms with Gasteiger partial charge in [0.05, 0.1) is 0 Å². The molecule has 1 atom stereocenters. The Morgan fingerprint density at radius 2 is 1.82 bits per heavy atom. The van der Waals surface area contributed by atoms with Crippen molar-refractivity contribution in [2.45, 2.75) is 0 Å². The van der Waals surface area contributed by atoms with E-state index in [0.717, 1.165) is 0 Å². The Kier molecular flexibility index (Phi) is 2.45. The normalized spacial score (nSPS) is 12.5. The minimum absolute atomic E-state index is 0.0843. The molecule has 0 aromatic heterocycles. The zero-order valence-corrected chi connectivity index (χ0v) is 6.25. The maximum atomic E-state index is 10.1. The fourth-order valence-corrected chi connectivity index (χ4v) is 0.860. The summed E-state index contributed by atoms with van der Waals surface area (Å²) in [4.78, 5) is 0. The van der Waals surface area contributed by atoms with Crippen molar-refractivity contribution in [3.05, 3.63) is 24.3 Å². The SMILES string of the molecule is O=S(O)Oc1ccc(O)cc1. The molecule has 0 amide bonds. The van der Waals surface area contributed by atoms with Crippen molar-refractivity contribution in [3.8, 4) is 11.5 Å². The van der Waals surface area contributed by atoms with Crippen LogP contribution in [0.5, 0.6) is 11.5 Å². The average molecular weight is 174 g/mol. The highest BCUT2D eigenvalue weighted by atomic mass is 32.2. The Labute approximate surface area is 65.9 Å². The minimum atomic E-state index is -2.30. The zero-order valence-electron chi connectivity index (χ0n) is 5.43. The van der Waals surface area contributed by atoms with Gasteiger partial charge in [-0.15, -0.1) is 0 Å². The maximum absolute atomic E-state index is 10.1. The standard InChI is InChI=1S/C6H6O4S/c7-5-1-3-6(4-2-5)10-11(8)9/h1-4,7H,(H,8,9). The number of benzene rings is 1. The van der Waals surface area contributed by atoms with Crippen LogP contribution in [0, 0.1) is 0 Å². The van der Waals surface area contributed by atoms with E-state index in [0.29, 0.717) is 0 Å². The van der Waals surface area contributed by atoms with Gasteiger partial charge in [-0.05, 0) is 24.3 Å². The molecule has 60 valence electrons. The fourth-order valence-electron chi connectivity index (χ4n) is 0.584. The molecule has 0 bridgehead atoms. The highest BCUT2D eigenvalue weighted by Gasteiger charge is 1.96. The van der Waals surface area contributed by atoms with Crippen LogP contribution in [0.4, 0.5) is 0 Å². The van der Waals surface area contributed by atoms with Crippen molar-refractivity contribution in [2.75, 3.05) is 0 Å². The van der Waals surface area contributed by atoms with Crippen molar-refractivity contribution in [2.24, 2.45) is 0 Å². The van der Waals surface area contributed by atoms with E-state index in [1.54, 1.807) is 0 Å². The van der Waals surface area contributed by atoms with E-state index in [1.165, 1.54) is 24.3 Å². The van der Waals surface area contributed by atoms with Gasteiger partial charge in [0.25, 0.3) is 0 Å². The summed E-state index contributed by atoms with van der Waals surface area (Å²) in [6.45, 7) is 0. The molecular weight excluding hydrogens is 168 g/mol. The van der Waals surface area contributed by atoms with Crippen molar-refractivity contribution in [3.63, 3.8) is 0 Å². The summed E-state index contributed by atoms with van der Waals surface area (Å²) in [6, 6.07) is 5.51. The number of aromatic hydroxyl groups is 1. The van der Waals surface area contributed by atoms with E-state index >= 15 is 0 Å². The van der Waals surface area contributed by atoms with Gasteiger partial charge < -0.3 is 9.29 Å². The summed E-state index contributed by atoms with van der Waals surface area (Å²) in [7, 11) is 0. The first-order valence-corrected chi connectivity index (χ1v) is 3.80. The van der Waals surface area contributed by atoms with Crippen molar-refractivity contribution in [1.29, 1.82) is 0 Å². The first-order valence-electron chi connectivity index (χ1n) is 2.77. The molecule has 1 unspecified atom stereocenters. The monoisotopic (exact) mass is 174 g/mol. The summed E-state index contributed by atoms with van der Waals surface area (Å²) in [6.07, 6.45) is 0. The molecular formula is C6H6O4S. The number of hydrogen-bond acceptors (Lipinski definition) is 3. The van der Waals surface area contributed by atoms with Crippen LogP contribution < -0.4 is 4.18 Å². The van der Waals surface area contributed by atoms with E-state index in [-0.39, 0.29) is 11.5 Å². The summed E-state index contributed by atoms with van der Waals surface area (Å²) < 4.78 is 22.7. The molecule has 4 nitrogen and oxygen atoms in total. The zero-order chi connectivity index (χ0) is 8.27. The lowest BCUT2D eigenvalue weighted by atomic mass is 10.3. The molecule has 0 aliphatic rings. The van der Waals surface area contributed by atoms with Crippen molar-refractivity contribution >= 4 is 11.4 Å². The molecule has 0 spiro atoms. The Balaban J connectivity index is 2.74. The quantitative estimate of drug-likeness (QED) is 0.654. The third kappa shape index (κ3) is 2.57. The Bertz CT molecular complexity index is 256. The van der Waals surface area contributed by atoms with E-state index in [9.17, 15) is 4.21 Å². The van der Waals surface area contributed by atoms with Gasteiger partial charge in [0, 0.05) is 0 Å². The number of rotatable bonds is 2. The van der Waals surface area contributed by atoms with Gasteiger partial charge in [-0.1, -0.05) is 0 Å². The summed E-state index contributed by atoms with van der Waals surface area (Å²) >= 11 is -2.30. The van der Waals surface area contributed by atoms with Crippen LogP contribution in [0.15, 0.2) is 24.3 Å². The lowest BCUT2D eigenvalue weighted by Gasteiger charge is -1.97. The summed E-state index contributed by atoms with van der Waals surface area (Å²) in [5, 5.41) is 8.80. The average Bonchev–Trinajstić information content (AvgIpc) is 1.93. The van der Waals surface area contributed by atoms with Gasteiger partial charge in [-0.3, -0.25) is 4.55 Å². The van der Waals surface area contributed by atoms with E-state index in [4.69, 9.17) is 9.66 Å². The number of hydrogen-bond donors (Lipinski definition) is 2. The van der Waals surface area contributed by atoms with E-state index in [1.807, 2.05) is 0 Å². The van der Waals surface area contributed by atoms with Crippen LogP contribution in [0.2, 0.25) is 0 Å². The minimum Gasteiger partial charge on any atom is -0.508 e. The van der Waals surface area contributed by atoms with Crippen LogP contribution in [0.3, 0.4) is 0 Å². The molecule has 0 fully saturated rings. The molecule has 1 aromatic rings. The highest BCUT2D eigenvalue weighted by Crippen LogP contribution is 2.15. The van der Waals surface area contributed by atoms with Gasteiger partial charge in [0.1, 0.15) is 11.5 Å². The van der Waals surface area contributed by atoms with Crippen LogP contribution in [-0.4, -0.2) is 13.9 Å². The second-order valence-corrected chi connectivity index (χ2v) is 2.40. The molecule has 0 saturated carbocycles. The van der Waals surface area contributed by atoms with Gasteiger partial charge in [0.15, 0.2) is 0 Å². The Hall–Kier alpha value is -1.07. The highest BCUT2D eigenvalue weighted by molar-refractivity contribution is 7.74. The van der Waals surface area contributed by atoms with Gasteiger partial charge in [-0.25, -0.2) is 0 Å². The van der Waals surface area contributed by atoms with Crippen LogP contribution in [0.25, 0.3) is 0 Å². The first kappa shape index (κ1) is 8.03. The predicted molar refractivity (Wildman–Crippen MR) is 39.5 cm³/mol. The topological polar surface area (TPSA) is 66.8 Å². The van der Waals surface area contributed by atoms with Crippen molar-refractivity contribution in [1.82, 2.24) is 0 Å². The Morgan fingerprint density at radius 1 is 1.27 bits per heavy atom.